The lowest BCUT2D eigenvalue weighted by molar-refractivity contribution is -0.149. The number of benzene rings is 1. The molecule has 6 heteroatoms. The number of carbonyl (C=O) groups excluding carboxylic acids is 1. The second kappa shape index (κ2) is 7.41. The zero-order chi connectivity index (χ0) is 18.9. The second-order valence-corrected chi connectivity index (χ2v) is 8.28. The van der Waals surface area contributed by atoms with Crippen LogP contribution in [0.3, 0.4) is 0 Å². The maximum atomic E-state index is 12.9. The number of nitrogens with zero attached hydrogens (tertiary/aromatic N) is 2. The van der Waals surface area contributed by atoms with Crippen LogP contribution < -0.4 is 10.2 Å². The molecule has 0 unspecified atom stereocenters. The summed E-state index contributed by atoms with van der Waals surface area (Å²) < 4.78 is 0. The molecule has 3 aliphatic rings. The van der Waals surface area contributed by atoms with Crippen molar-refractivity contribution in [1.82, 2.24) is 4.90 Å². The Bertz CT molecular complexity index is 714. The second-order valence-electron chi connectivity index (χ2n) is 8.28. The minimum absolute atomic E-state index is 0.0848. The third kappa shape index (κ3) is 3.37. The molecule has 1 aliphatic carbocycles. The minimum Gasteiger partial charge on any atom is -0.481 e. The third-order valence-electron chi connectivity index (χ3n) is 6.68. The molecule has 2 N–H and O–H groups in total. The Morgan fingerprint density at radius 2 is 1.81 bits per heavy atom. The van der Waals surface area contributed by atoms with Crippen molar-refractivity contribution in [3.05, 3.63) is 24.3 Å². The van der Waals surface area contributed by atoms with Gasteiger partial charge in [-0.3, -0.25) is 4.79 Å². The summed E-state index contributed by atoms with van der Waals surface area (Å²) in [6.07, 6.45) is 7.41. The molecule has 1 aromatic rings. The highest BCUT2D eigenvalue weighted by Gasteiger charge is 2.55. The van der Waals surface area contributed by atoms with Crippen LogP contribution in [0.15, 0.2) is 24.3 Å². The number of para-hydroxylation sites is 2. The molecule has 2 aliphatic heterocycles. The van der Waals surface area contributed by atoms with Crippen LogP contribution in [0, 0.1) is 11.3 Å². The van der Waals surface area contributed by atoms with Crippen molar-refractivity contribution in [1.29, 1.82) is 0 Å². The lowest BCUT2D eigenvalue weighted by atomic mass is 9.81. The molecule has 2 heterocycles. The summed E-state index contributed by atoms with van der Waals surface area (Å²) in [5.41, 5.74) is 1.16. The van der Waals surface area contributed by atoms with Gasteiger partial charge >= 0.3 is 12.0 Å². The fraction of sp³-hybridized carbons (Fsp3) is 0.619. The van der Waals surface area contributed by atoms with Gasteiger partial charge in [0.15, 0.2) is 0 Å². The van der Waals surface area contributed by atoms with Gasteiger partial charge in [0, 0.05) is 26.2 Å². The fourth-order valence-electron chi connectivity index (χ4n) is 5.15. The third-order valence-corrected chi connectivity index (χ3v) is 6.68. The van der Waals surface area contributed by atoms with Crippen LogP contribution in [0.25, 0.3) is 0 Å². The van der Waals surface area contributed by atoms with Crippen molar-refractivity contribution >= 4 is 23.4 Å². The number of carbonyl (C=O) groups is 2. The summed E-state index contributed by atoms with van der Waals surface area (Å²) in [5.74, 6) is -0.660. The first kappa shape index (κ1) is 18.1. The zero-order valence-electron chi connectivity index (χ0n) is 15.8. The predicted octanol–water partition coefficient (Wildman–Crippen LogP) is 3.79. The van der Waals surface area contributed by atoms with E-state index in [0.717, 1.165) is 37.3 Å². The van der Waals surface area contributed by atoms with Gasteiger partial charge in [-0.05, 0) is 43.7 Å². The number of amides is 2. The Labute approximate surface area is 160 Å². The molecule has 27 heavy (non-hydrogen) atoms. The average molecular weight is 371 g/mol. The van der Waals surface area contributed by atoms with E-state index >= 15 is 0 Å². The zero-order valence-corrected chi connectivity index (χ0v) is 15.8. The van der Waals surface area contributed by atoms with Gasteiger partial charge in [0.2, 0.25) is 0 Å². The number of hydrogen-bond acceptors (Lipinski definition) is 3. The smallest absolute Gasteiger partial charge is 0.321 e. The van der Waals surface area contributed by atoms with E-state index in [9.17, 15) is 14.7 Å². The lowest BCUT2D eigenvalue weighted by Gasteiger charge is -2.27. The van der Waals surface area contributed by atoms with Gasteiger partial charge in [0.1, 0.15) is 0 Å². The van der Waals surface area contributed by atoms with Crippen molar-refractivity contribution in [2.24, 2.45) is 11.3 Å². The number of anilines is 2. The van der Waals surface area contributed by atoms with Crippen molar-refractivity contribution in [3.63, 3.8) is 0 Å². The maximum Gasteiger partial charge on any atom is 0.321 e. The van der Waals surface area contributed by atoms with E-state index in [1.54, 1.807) is 4.90 Å². The van der Waals surface area contributed by atoms with E-state index in [0.29, 0.717) is 19.5 Å². The molecule has 0 spiro atoms. The Balaban J connectivity index is 1.48. The lowest BCUT2D eigenvalue weighted by Crippen LogP contribution is -2.39. The van der Waals surface area contributed by atoms with Gasteiger partial charge in [0.05, 0.1) is 16.8 Å². The number of urea groups is 1. The van der Waals surface area contributed by atoms with E-state index in [1.807, 2.05) is 18.2 Å². The number of fused-ring (bicyclic) bond motifs is 1. The Hall–Kier alpha value is -2.24. The summed E-state index contributed by atoms with van der Waals surface area (Å²) in [6, 6.07) is 7.79. The van der Waals surface area contributed by atoms with E-state index in [1.165, 1.54) is 25.7 Å². The van der Waals surface area contributed by atoms with E-state index in [4.69, 9.17) is 0 Å². The quantitative estimate of drug-likeness (QED) is 0.848. The van der Waals surface area contributed by atoms with Gasteiger partial charge in [0.25, 0.3) is 0 Å². The average Bonchev–Trinajstić information content (AvgIpc) is 3.11. The fourth-order valence-corrected chi connectivity index (χ4v) is 5.15. The standard InChI is InChI=1S/C21H29N3O3/c25-19(26)21-11-7-8-16(21)14-24(15-21)20(27)22-17-9-3-4-10-18(17)23-12-5-1-2-6-13-23/h3-4,9-10,16H,1-2,5-8,11-15H2,(H,22,27)(H,25,26)/t16-,21+/m0/s1. The molecule has 4 rings (SSSR count). The molecule has 3 fully saturated rings. The summed E-state index contributed by atoms with van der Waals surface area (Å²) in [6.45, 7) is 2.90. The maximum absolute atomic E-state index is 12.9. The van der Waals surface area contributed by atoms with Crippen LogP contribution in [-0.2, 0) is 4.79 Å². The molecule has 1 saturated carbocycles. The first-order valence-electron chi connectivity index (χ1n) is 10.2. The monoisotopic (exact) mass is 371 g/mol. The number of aliphatic carboxylic acids is 1. The molecule has 2 saturated heterocycles. The number of likely N-dealkylation sites (tertiary alicyclic amines) is 1. The molecule has 2 atom stereocenters. The molecule has 146 valence electrons. The Morgan fingerprint density at radius 3 is 2.52 bits per heavy atom. The summed E-state index contributed by atoms with van der Waals surface area (Å²) in [7, 11) is 0. The van der Waals surface area contributed by atoms with Gasteiger partial charge in [-0.15, -0.1) is 0 Å². The first-order chi connectivity index (χ1) is 13.1. The van der Waals surface area contributed by atoms with Crippen molar-refractivity contribution in [2.45, 2.75) is 44.9 Å². The largest absolute Gasteiger partial charge is 0.481 e. The van der Waals surface area contributed by atoms with Gasteiger partial charge in [-0.2, -0.15) is 0 Å². The van der Waals surface area contributed by atoms with Crippen LogP contribution in [-0.4, -0.2) is 48.2 Å². The van der Waals surface area contributed by atoms with E-state index in [2.05, 4.69) is 16.3 Å². The first-order valence-corrected chi connectivity index (χ1v) is 10.2. The van der Waals surface area contributed by atoms with E-state index in [-0.39, 0.29) is 11.9 Å². The summed E-state index contributed by atoms with van der Waals surface area (Å²) in [5, 5.41) is 12.8. The van der Waals surface area contributed by atoms with E-state index < -0.39 is 11.4 Å². The molecule has 0 radical (unpaired) electrons. The number of carboxylic acid groups (broad SMARTS) is 1. The molecule has 2 amide bonds. The highest BCUT2D eigenvalue weighted by molar-refractivity contribution is 5.94. The Morgan fingerprint density at radius 1 is 1.07 bits per heavy atom. The number of nitrogens with one attached hydrogen (secondary N) is 1. The van der Waals surface area contributed by atoms with Gasteiger partial charge in [-0.25, -0.2) is 4.79 Å². The molecule has 1 aromatic carbocycles. The van der Waals surface area contributed by atoms with Gasteiger partial charge in [-0.1, -0.05) is 31.4 Å². The SMILES string of the molecule is O=C(Nc1ccccc1N1CCCCCC1)N1C[C@@H]2CCC[C@@]2(C(=O)O)C1. The minimum atomic E-state index is -0.745. The number of rotatable bonds is 3. The summed E-state index contributed by atoms with van der Waals surface area (Å²) >= 11 is 0. The van der Waals surface area contributed by atoms with Crippen molar-refractivity contribution < 1.29 is 14.7 Å². The highest BCUT2D eigenvalue weighted by atomic mass is 16.4. The summed E-state index contributed by atoms with van der Waals surface area (Å²) in [4.78, 5) is 28.8. The van der Waals surface area contributed by atoms with Crippen LogP contribution in [0.4, 0.5) is 16.2 Å². The molecule has 6 nitrogen and oxygen atoms in total. The Kier molecular flexibility index (Phi) is 4.98. The predicted molar refractivity (Wildman–Crippen MR) is 105 cm³/mol. The van der Waals surface area contributed by atoms with Crippen LogP contribution in [0.2, 0.25) is 0 Å². The van der Waals surface area contributed by atoms with Crippen molar-refractivity contribution in [3.8, 4) is 0 Å². The number of hydrogen-bond donors (Lipinski definition) is 2. The highest BCUT2D eigenvalue weighted by Crippen LogP contribution is 2.49. The van der Waals surface area contributed by atoms with Crippen molar-refractivity contribution in [2.75, 3.05) is 36.4 Å². The van der Waals surface area contributed by atoms with Crippen LogP contribution >= 0.6 is 0 Å². The normalized spacial score (nSPS) is 27.9. The topological polar surface area (TPSA) is 72.9 Å². The van der Waals surface area contributed by atoms with Crippen LogP contribution in [0.5, 0.6) is 0 Å². The molecular formula is C21H29N3O3. The van der Waals surface area contributed by atoms with Gasteiger partial charge < -0.3 is 20.2 Å². The molecular weight excluding hydrogens is 342 g/mol. The molecule has 0 bridgehead atoms. The van der Waals surface area contributed by atoms with Crippen LogP contribution in [0.1, 0.15) is 44.9 Å². The molecule has 0 aromatic heterocycles. The number of carboxylic acids is 1.